The maximum absolute atomic E-state index is 12.2. The normalized spacial score (nSPS) is 24.0. The predicted octanol–water partition coefficient (Wildman–Crippen LogP) is 2.57. The first-order valence-corrected chi connectivity index (χ1v) is 9.79. The van der Waals surface area contributed by atoms with E-state index in [9.17, 15) is 9.59 Å². The number of nitrogens with one attached hydrogen (secondary N) is 2. The zero-order valence-corrected chi connectivity index (χ0v) is 15.4. The molecule has 2 aliphatic rings. The molecule has 142 valence electrons. The minimum atomic E-state index is 0.0120. The minimum Gasteiger partial charge on any atom is -0.328 e. The molecule has 1 saturated heterocycles. The molecule has 2 unspecified atom stereocenters. The molecule has 0 spiro atoms. The standard InChI is InChI=1S/C20H30N4O2/c21-16-6-5-15(13-16)20(26)23-18-9-7-17(8-10-18)22-19(25)14-24-11-3-1-2-4-12-24/h7-10,15-16H,1-6,11-14,21H2,(H,22,25)(H,23,26). The Morgan fingerprint density at radius 1 is 0.962 bits per heavy atom. The van der Waals surface area contributed by atoms with E-state index in [1.165, 1.54) is 25.7 Å². The maximum atomic E-state index is 12.2. The highest BCUT2D eigenvalue weighted by molar-refractivity contribution is 5.94. The second-order valence-electron chi connectivity index (χ2n) is 7.58. The molecule has 1 aliphatic carbocycles. The van der Waals surface area contributed by atoms with Gasteiger partial charge >= 0.3 is 0 Å². The fraction of sp³-hybridized carbons (Fsp3) is 0.600. The third-order valence-electron chi connectivity index (χ3n) is 5.35. The number of nitrogens with two attached hydrogens (primary N) is 1. The van der Waals surface area contributed by atoms with Crippen LogP contribution in [0.5, 0.6) is 0 Å². The Kier molecular flexibility index (Phi) is 6.63. The van der Waals surface area contributed by atoms with Crippen molar-refractivity contribution in [1.29, 1.82) is 0 Å². The van der Waals surface area contributed by atoms with Gasteiger partial charge in [-0.05, 0) is 69.5 Å². The predicted molar refractivity (Wildman–Crippen MR) is 104 cm³/mol. The first kappa shape index (κ1) is 18.9. The summed E-state index contributed by atoms with van der Waals surface area (Å²) in [5.74, 6) is 0.0672. The Labute approximate surface area is 155 Å². The number of hydrogen-bond acceptors (Lipinski definition) is 4. The number of benzene rings is 1. The van der Waals surface area contributed by atoms with Crippen LogP contribution in [-0.2, 0) is 9.59 Å². The second kappa shape index (κ2) is 9.14. The molecule has 2 fully saturated rings. The number of rotatable bonds is 5. The van der Waals surface area contributed by atoms with Crippen molar-refractivity contribution in [2.75, 3.05) is 30.3 Å². The lowest BCUT2D eigenvalue weighted by atomic mass is 10.1. The summed E-state index contributed by atoms with van der Waals surface area (Å²) in [6.07, 6.45) is 7.41. The van der Waals surface area contributed by atoms with Gasteiger partial charge in [-0.3, -0.25) is 14.5 Å². The van der Waals surface area contributed by atoms with Crippen molar-refractivity contribution < 1.29 is 9.59 Å². The van der Waals surface area contributed by atoms with Gasteiger partial charge in [0.2, 0.25) is 11.8 Å². The third kappa shape index (κ3) is 5.54. The van der Waals surface area contributed by atoms with E-state index in [1.54, 1.807) is 0 Å². The van der Waals surface area contributed by atoms with E-state index < -0.39 is 0 Å². The molecule has 0 radical (unpaired) electrons. The van der Waals surface area contributed by atoms with Gasteiger partial charge in [0, 0.05) is 23.3 Å². The molecule has 4 N–H and O–H groups in total. The Bertz CT molecular complexity index is 609. The molecular formula is C20H30N4O2. The summed E-state index contributed by atoms with van der Waals surface area (Å²) in [5, 5.41) is 5.88. The van der Waals surface area contributed by atoms with Crippen LogP contribution in [0.1, 0.15) is 44.9 Å². The highest BCUT2D eigenvalue weighted by Gasteiger charge is 2.27. The highest BCUT2D eigenvalue weighted by atomic mass is 16.2. The number of hydrogen-bond donors (Lipinski definition) is 3. The molecule has 26 heavy (non-hydrogen) atoms. The fourth-order valence-corrected chi connectivity index (χ4v) is 3.83. The minimum absolute atomic E-state index is 0.0120. The van der Waals surface area contributed by atoms with Gasteiger partial charge in [0.15, 0.2) is 0 Å². The van der Waals surface area contributed by atoms with E-state index in [0.717, 1.165) is 43.7 Å². The molecule has 0 aromatic heterocycles. The molecule has 0 bridgehead atoms. The number of anilines is 2. The largest absolute Gasteiger partial charge is 0.328 e. The molecular weight excluding hydrogens is 328 g/mol. The lowest BCUT2D eigenvalue weighted by Crippen LogP contribution is -2.33. The number of likely N-dealkylation sites (tertiary alicyclic amines) is 1. The molecule has 6 heteroatoms. The van der Waals surface area contributed by atoms with E-state index in [1.807, 2.05) is 24.3 Å². The van der Waals surface area contributed by atoms with Gasteiger partial charge in [0.1, 0.15) is 0 Å². The van der Waals surface area contributed by atoms with E-state index in [2.05, 4.69) is 15.5 Å². The van der Waals surface area contributed by atoms with Crippen LogP contribution < -0.4 is 16.4 Å². The number of amides is 2. The van der Waals surface area contributed by atoms with Crippen LogP contribution in [0.15, 0.2) is 24.3 Å². The van der Waals surface area contributed by atoms with Crippen molar-refractivity contribution in [3.63, 3.8) is 0 Å². The Morgan fingerprint density at radius 3 is 2.15 bits per heavy atom. The molecule has 1 aliphatic heterocycles. The van der Waals surface area contributed by atoms with Crippen LogP contribution >= 0.6 is 0 Å². The summed E-state index contributed by atoms with van der Waals surface area (Å²) in [6, 6.07) is 7.46. The first-order chi connectivity index (χ1) is 12.6. The quantitative estimate of drug-likeness (QED) is 0.755. The number of carbonyl (C=O) groups is 2. The average Bonchev–Trinajstić information content (AvgIpc) is 2.90. The SMILES string of the molecule is NC1CCC(C(=O)Nc2ccc(NC(=O)CN3CCCCCC3)cc2)C1. The van der Waals surface area contributed by atoms with Crippen LogP contribution in [0.2, 0.25) is 0 Å². The van der Waals surface area contributed by atoms with Gasteiger partial charge in [-0.25, -0.2) is 0 Å². The lowest BCUT2D eigenvalue weighted by Gasteiger charge is -2.19. The summed E-state index contributed by atoms with van der Waals surface area (Å²) in [4.78, 5) is 26.7. The number of nitrogens with zero attached hydrogens (tertiary/aromatic N) is 1. The second-order valence-corrected chi connectivity index (χ2v) is 7.58. The molecule has 2 atom stereocenters. The van der Waals surface area contributed by atoms with E-state index >= 15 is 0 Å². The van der Waals surface area contributed by atoms with Crippen molar-refractivity contribution in [3.8, 4) is 0 Å². The molecule has 2 amide bonds. The van der Waals surface area contributed by atoms with Crippen molar-refractivity contribution in [2.45, 2.75) is 51.0 Å². The Balaban J connectivity index is 1.46. The van der Waals surface area contributed by atoms with E-state index in [-0.39, 0.29) is 23.8 Å². The molecule has 1 heterocycles. The van der Waals surface area contributed by atoms with Crippen LogP contribution in [0.25, 0.3) is 0 Å². The van der Waals surface area contributed by atoms with Crippen LogP contribution in [0.3, 0.4) is 0 Å². The van der Waals surface area contributed by atoms with Gasteiger partial charge in [-0.15, -0.1) is 0 Å². The van der Waals surface area contributed by atoms with Gasteiger partial charge in [0.05, 0.1) is 6.54 Å². The number of carbonyl (C=O) groups excluding carboxylic acids is 2. The van der Waals surface area contributed by atoms with E-state index in [0.29, 0.717) is 6.54 Å². The summed E-state index contributed by atoms with van der Waals surface area (Å²) < 4.78 is 0. The van der Waals surface area contributed by atoms with Crippen molar-refractivity contribution >= 4 is 23.2 Å². The average molecular weight is 358 g/mol. The van der Waals surface area contributed by atoms with Gasteiger partial charge < -0.3 is 16.4 Å². The summed E-state index contributed by atoms with van der Waals surface area (Å²) >= 11 is 0. The highest BCUT2D eigenvalue weighted by Crippen LogP contribution is 2.25. The molecule has 6 nitrogen and oxygen atoms in total. The van der Waals surface area contributed by atoms with Crippen LogP contribution in [-0.4, -0.2) is 42.4 Å². The van der Waals surface area contributed by atoms with Gasteiger partial charge in [0.25, 0.3) is 0 Å². The zero-order chi connectivity index (χ0) is 18.4. The molecule has 1 saturated carbocycles. The summed E-state index contributed by atoms with van der Waals surface area (Å²) in [7, 11) is 0. The summed E-state index contributed by atoms with van der Waals surface area (Å²) in [6.45, 7) is 2.45. The van der Waals surface area contributed by atoms with Crippen molar-refractivity contribution in [3.05, 3.63) is 24.3 Å². The van der Waals surface area contributed by atoms with Gasteiger partial charge in [-0.2, -0.15) is 0 Å². The molecule has 1 aromatic rings. The first-order valence-electron chi connectivity index (χ1n) is 9.79. The molecule has 1 aromatic carbocycles. The smallest absolute Gasteiger partial charge is 0.238 e. The topological polar surface area (TPSA) is 87.5 Å². The van der Waals surface area contributed by atoms with Crippen molar-refractivity contribution in [1.82, 2.24) is 4.90 Å². The monoisotopic (exact) mass is 358 g/mol. The van der Waals surface area contributed by atoms with Crippen molar-refractivity contribution in [2.24, 2.45) is 11.7 Å². The third-order valence-corrected chi connectivity index (χ3v) is 5.35. The fourth-order valence-electron chi connectivity index (χ4n) is 3.83. The zero-order valence-electron chi connectivity index (χ0n) is 15.4. The van der Waals surface area contributed by atoms with Gasteiger partial charge in [-0.1, -0.05) is 12.8 Å². The lowest BCUT2D eigenvalue weighted by molar-refractivity contribution is -0.119. The van der Waals surface area contributed by atoms with Crippen LogP contribution in [0.4, 0.5) is 11.4 Å². The Hall–Kier alpha value is -1.92. The Morgan fingerprint density at radius 2 is 1.58 bits per heavy atom. The van der Waals surface area contributed by atoms with E-state index in [4.69, 9.17) is 5.73 Å². The van der Waals surface area contributed by atoms with Crippen LogP contribution in [0, 0.1) is 5.92 Å². The molecule has 3 rings (SSSR count). The maximum Gasteiger partial charge on any atom is 0.238 e. The summed E-state index contributed by atoms with van der Waals surface area (Å²) in [5.41, 5.74) is 7.38.